The summed E-state index contributed by atoms with van der Waals surface area (Å²) in [7, 11) is 0. The van der Waals surface area contributed by atoms with Gasteiger partial charge in [0.15, 0.2) is 0 Å². The summed E-state index contributed by atoms with van der Waals surface area (Å²) in [6.07, 6.45) is 0. The Morgan fingerprint density at radius 1 is 1.33 bits per heavy atom. The van der Waals surface area contributed by atoms with Crippen LogP contribution in [-0.2, 0) is 21.7 Å². The Balaban J connectivity index is 2.75. The first kappa shape index (κ1) is 6.83. The molecule has 0 radical (unpaired) electrons. The molecule has 0 bridgehead atoms. The third-order valence-electron chi connectivity index (χ3n) is 0.908. The predicted molar refractivity (Wildman–Crippen MR) is 25.1 cm³/mol. The fourth-order valence-electron chi connectivity index (χ4n) is 0.250. The van der Waals surface area contributed by atoms with E-state index in [1.165, 1.54) is 8.35 Å². The molecule has 0 aliphatic carbocycles. The zero-order chi connectivity index (χ0) is 4.99. The van der Waals surface area contributed by atoms with Gasteiger partial charge in [0.05, 0.1) is 0 Å². The number of hydrogen-bond acceptors (Lipinski definition) is 1. The van der Waals surface area contributed by atoms with Gasteiger partial charge in [-0.1, -0.05) is 0 Å². The predicted octanol–water partition coefficient (Wildman–Crippen LogP) is 1.35. The molecule has 0 saturated carbocycles. The molecule has 2 N–H and O–H groups in total. The molecule has 0 aromatic carbocycles. The molecule has 0 aliphatic rings. The van der Waals surface area contributed by atoms with Gasteiger partial charge in [0.2, 0.25) is 0 Å². The van der Waals surface area contributed by atoms with Gasteiger partial charge < -0.3 is 0 Å². The quantitative estimate of drug-likeness (QED) is 0.738. The Bertz CT molecular complexity index is 26.7. The molecule has 0 amide bonds. The van der Waals surface area contributed by atoms with Crippen LogP contribution < -0.4 is 3.72 Å². The van der Waals surface area contributed by atoms with Gasteiger partial charge in [-0.15, -0.1) is 0 Å². The van der Waals surface area contributed by atoms with Crippen molar-refractivity contribution in [3.05, 3.63) is 0 Å². The van der Waals surface area contributed by atoms with Crippen LogP contribution in [0, 0.1) is 0 Å². The second-order valence-electron chi connectivity index (χ2n) is 1.37. The van der Waals surface area contributed by atoms with E-state index >= 15 is 0 Å². The van der Waals surface area contributed by atoms with E-state index in [2.05, 4.69) is 13.8 Å². The SMILES string of the molecule is C[CH2][Hf]([NH2])[CH2]C. The first-order valence-electron chi connectivity index (χ1n) is 2.41. The van der Waals surface area contributed by atoms with Crippen molar-refractivity contribution in [2.24, 2.45) is 3.72 Å². The summed E-state index contributed by atoms with van der Waals surface area (Å²) in [6.45, 7) is 4.40. The molecule has 0 unspecified atom stereocenters. The zero-order valence-electron chi connectivity index (χ0n) is 4.49. The van der Waals surface area contributed by atoms with Crippen molar-refractivity contribution in [3.63, 3.8) is 0 Å². The summed E-state index contributed by atoms with van der Waals surface area (Å²) in [5.74, 6) is 0. The molecule has 0 spiro atoms. The van der Waals surface area contributed by atoms with Crippen molar-refractivity contribution in [1.82, 2.24) is 0 Å². The number of rotatable bonds is 2. The van der Waals surface area contributed by atoms with Crippen molar-refractivity contribution < 1.29 is 21.7 Å². The fourth-order valence-corrected chi connectivity index (χ4v) is 2.05. The van der Waals surface area contributed by atoms with Crippen molar-refractivity contribution in [2.45, 2.75) is 22.2 Å². The van der Waals surface area contributed by atoms with Gasteiger partial charge >= 0.3 is 47.6 Å². The minimum atomic E-state index is -1.24. The van der Waals surface area contributed by atoms with Crippen molar-refractivity contribution in [1.29, 1.82) is 0 Å². The Morgan fingerprint density at radius 2 is 1.67 bits per heavy atom. The molecular weight excluding hydrogens is 241 g/mol. The van der Waals surface area contributed by atoms with E-state index in [1.54, 1.807) is 0 Å². The van der Waals surface area contributed by atoms with Gasteiger partial charge in [0.25, 0.3) is 0 Å². The van der Waals surface area contributed by atoms with Crippen molar-refractivity contribution in [3.8, 4) is 0 Å². The van der Waals surface area contributed by atoms with E-state index in [-0.39, 0.29) is 0 Å². The molecule has 0 aromatic rings. The molecule has 0 atom stereocenters. The average molecular weight is 253 g/mol. The van der Waals surface area contributed by atoms with E-state index in [0.717, 1.165) is 0 Å². The van der Waals surface area contributed by atoms with Gasteiger partial charge in [-0.25, -0.2) is 0 Å². The van der Waals surface area contributed by atoms with Crippen LogP contribution in [0.15, 0.2) is 0 Å². The number of nitrogens with two attached hydrogens (primary N) is 1. The van der Waals surface area contributed by atoms with Crippen LogP contribution in [0.2, 0.25) is 8.35 Å². The molecule has 0 aromatic heterocycles. The van der Waals surface area contributed by atoms with E-state index in [0.29, 0.717) is 0 Å². The number of hydrogen-bond donors (Lipinski definition) is 1. The molecule has 0 fully saturated rings. The molecule has 0 aliphatic heterocycles. The van der Waals surface area contributed by atoms with Gasteiger partial charge in [-0.3, -0.25) is 0 Å². The van der Waals surface area contributed by atoms with Crippen LogP contribution in [0.5, 0.6) is 0 Å². The third kappa shape index (κ3) is 3.04. The monoisotopic (exact) mass is 254 g/mol. The maximum absolute atomic E-state index is 5.69. The molecule has 2 heteroatoms. The van der Waals surface area contributed by atoms with E-state index < -0.39 is 21.7 Å². The summed E-state index contributed by atoms with van der Waals surface area (Å²) in [5, 5.41) is 0. The fraction of sp³-hybridized carbons (Fsp3) is 1.00. The molecular formula is C4H12HfN. The summed E-state index contributed by atoms with van der Waals surface area (Å²) < 4.78 is 8.33. The van der Waals surface area contributed by atoms with Gasteiger partial charge in [-0.2, -0.15) is 0 Å². The second kappa shape index (κ2) is 4.00. The summed E-state index contributed by atoms with van der Waals surface area (Å²) in [6, 6.07) is 0. The zero-order valence-corrected chi connectivity index (χ0v) is 8.08. The van der Waals surface area contributed by atoms with Crippen molar-refractivity contribution in [2.75, 3.05) is 0 Å². The van der Waals surface area contributed by atoms with Crippen molar-refractivity contribution >= 4 is 0 Å². The van der Waals surface area contributed by atoms with Crippen LogP contribution in [0.4, 0.5) is 0 Å². The molecule has 0 saturated heterocycles. The van der Waals surface area contributed by atoms with Crippen LogP contribution in [0.3, 0.4) is 0 Å². The Kier molecular flexibility index (Phi) is 4.56. The molecule has 0 rings (SSSR count). The summed E-state index contributed by atoms with van der Waals surface area (Å²) in [4.78, 5) is 0. The Labute approximate surface area is 47.8 Å². The minimum absolute atomic E-state index is 1.24. The molecule has 0 heterocycles. The van der Waals surface area contributed by atoms with Gasteiger partial charge in [0, 0.05) is 0 Å². The molecule has 1 nitrogen and oxygen atoms in total. The van der Waals surface area contributed by atoms with Gasteiger partial charge in [-0.05, 0) is 0 Å². The summed E-state index contributed by atoms with van der Waals surface area (Å²) >= 11 is -1.24. The van der Waals surface area contributed by atoms with Gasteiger partial charge in [0.1, 0.15) is 0 Å². The average Bonchev–Trinajstić information content (AvgIpc) is 1.65. The van der Waals surface area contributed by atoms with Crippen LogP contribution in [0.1, 0.15) is 13.8 Å². The molecule has 37 valence electrons. The third-order valence-corrected chi connectivity index (χ3v) is 7.43. The van der Waals surface area contributed by atoms with E-state index in [9.17, 15) is 0 Å². The topological polar surface area (TPSA) is 26.0 Å². The van der Waals surface area contributed by atoms with E-state index in [1.807, 2.05) is 0 Å². The van der Waals surface area contributed by atoms with Crippen LogP contribution in [-0.4, -0.2) is 0 Å². The first-order chi connectivity index (χ1) is 2.81. The summed E-state index contributed by atoms with van der Waals surface area (Å²) in [5.41, 5.74) is 0. The standard InChI is InChI=1S/2C2H5.Hf.H2N/c2*1-2;;/h2*1H2,2H3;;1H2/q;;+1;-1. The molecule has 6 heavy (non-hydrogen) atoms. The maximum atomic E-state index is 5.69. The first-order valence-corrected chi connectivity index (χ1v) is 9.57. The van der Waals surface area contributed by atoms with Crippen LogP contribution >= 0.6 is 0 Å². The Hall–Kier alpha value is 0.830. The van der Waals surface area contributed by atoms with Crippen LogP contribution in [0.25, 0.3) is 0 Å². The second-order valence-corrected chi connectivity index (χ2v) is 11.2. The Morgan fingerprint density at radius 3 is 1.67 bits per heavy atom. The normalized spacial score (nSPS) is 8.50. The van der Waals surface area contributed by atoms with E-state index in [4.69, 9.17) is 3.72 Å².